The average Bonchev–Trinajstić information content (AvgIpc) is 2.80. The first-order valence-corrected chi connectivity index (χ1v) is 15.4. The van der Waals surface area contributed by atoms with Crippen molar-refractivity contribution in [2.24, 2.45) is 0 Å². The first-order chi connectivity index (χ1) is 16.3. The normalized spacial score (nSPS) is 13.8. The number of nitrogens with zero attached hydrogens (tertiary/aromatic N) is 1. The summed E-state index contributed by atoms with van der Waals surface area (Å²) in [4.78, 5) is 12.2. The van der Waals surface area contributed by atoms with Gasteiger partial charge in [-0.2, -0.15) is 0 Å². The monoisotopic (exact) mass is 481 g/mol. The summed E-state index contributed by atoms with van der Waals surface area (Å²) in [6.07, 6.45) is 29.6. The predicted molar refractivity (Wildman–Crippen MR) is 148 cm³/mol. The van der Waals surface area contributed by atoms with Crippen LogP contribution in [0.1, 0.15) is 168 Å². The van der Waals surface area contributed by atoms with Crippen LogP contribution in [-0.2, 0) is 4.79 Å². The fourth-order valence-corrected chi connectivity index (χ4v) is 5.20. The van der Waals surface area contributed by atoms with Gasteiger partial charge in [0.2, 0.25) is 0 Å². The Morgan fingerprint density at radius 2 is 0.853 bits per heavy atom. The zero-order valence-electron chi connectivity index (χ0n) is 24.2. The van der Waals surface area contributed by atoms with Crippen LogP contribution in [0.15, 0.2) is 0 Å². The standard InChI is InChI=1S/C31H63NO2/c1-6-8-10-12-14-16-18-19-21-23-25-27-29-32(4,5)31(3,30(33)34)28-26-24-22-20-17-15-13-11-9-7-2/h6-29H2,1-5H3. The lowest BCUT2D eigenvalue weighted by atomic mass is 9.89. The van der Waals surface area contributed by atoms with Gasteiger partial charge in [-0.1, -0.05) is 136 Å². The van der Waals surface area contributed by atoms with Crippen molar-refractivity contribution in [2.45, 2.75) is 174 Å². The third kappa shape index (κ3) is 16.2. The molecular formula is C31H63NO2. The minimum Gasteiger partial charge on any atom is -0.544 e. The van der Waals surface area contributed by atoms with Crippen LogP contribution in [0.3, 0.4) is 0 Å². The highest BCUT2D eigenvalue weighted by Crippen LogP contribution is 2.28. The van der Waals surface area contributed by atoms with E-state index in [9.17, 15) is 9.90 Å². The maximum Gasteiger partial charge on any atom is 0.136 e. The molecule has 3 nitrogen and oxygen atoms in total. The van der Waals surface area contributed by atoms with Crippen molar-refractivity contribution in [3.05, 3.63) is 0 Å². The van der Waals surface area contributed by atoms with Gasteiger partial charge in [0.1, 0.15) is 11.5 Å². The zero-order valence-corrected chi connectivity index (χ0v) is 24.2. The zero-order chi connectivity index (χ0) is 25.5. The Bertz CT molecular complexity index is 462. The number of unbranched alkanes of at least 4 members (excludes halogenated alkanes) is 20. The van der Waals surface area contributed by atoms with E-state index in [-0.39, 0.29) is 0 Å². The van der Waals surface area contributed by atoms with Crippen LogP contribution in [0.4, 0.5) is 0 Å². The summed E-state index contributed by atoms with van der Waals surface area (Å²) in [6.45, 7) is 7.40. The lowest BCUT2D eigenvalue weighted by molar-refractivity contribution is -0.933. The highest BCUT2D eigenvalue weighted by atomic mass is 16.4. The molecule has 34 heavy (non-hydrogen) atoms. The number of hydrogen-bond donors (Lipinski definition) is 0. The van der Waals surface area contributed by atoms with Gasteiger partial charge in [-0.15, -0.1) is 0 Å². The SMILES string of the molecule is CCCCCCCCCCCCCC[N+](C)(C)C(C)(CCCCCCCCCCCC)C(=O)[O-]. The lowest BCUT2D eigenvalue weighted by Gasteiger charge is -2.47. The third-order valence-corrected chi connectivity index (χ3v) is 8.36. The maximum absolute atomic E-state index is 12.2. The molecule has 3 heteroatoms. The minimum atomic E-state index is -0.868. The summed E-state index contributed by atoms with van der Waals surface area (Å²) >= 11 is 0. The molecule has 1 atom stereocenters. The van der Waals surface area contributed by atoms with Gasteiger partial charge in [0, 0.05) is 6.42 Å². The van der Waals surface area contributed by atoms with Crippen LogP contribution >= 0.6 is 0 Å². The van der Waals surface area contributed by atoms with E-state index in [1.165, 1.54) is 122 Å². The first-order valence-electron chi connectivity index (χ1n) is 15.4. The Kier molecular flexibility index (Phi) is 21.3. The molecule has 0 rings (SSSR count). The molecule has 0 aliphatic heterocycles. The van der Waals surface area contributed by atoms with E-state index in [1.54, 1.807) is 0 Å². The van der Waals surface area contributed by atoms with Crippen molar-refractivity contribution >= 4 is 5.97 Å². The molecule has 0 aromatic rings. The van der Waals surface area contributed by atoms with Gasteiger partial charge in [-0.25, -0.2) is 0 Å². The summed E-state index contributed by atoms with van der Waals surface area (Å²) in [5, 5.41) is 12.2. The van der Waals surface area contributed by atoms with Crippen molar-refractivity contribution in [1.82, 2.24) is 0 Å². The van der Waals surface area contributed by atoms with Gasteiger partial charge in [-0.05, 0) is 26.2 Å². The molecule has 0 saturated carbocycles. The smallest absolute Gasteiger partial charge is 0.136 e. The number of carbonyl (C=O) groups excluding carboxylic acids is 1. The highest BCUT2D eigenvalue weighted by molar-refractivity contribution is 5.74. The minimum absolute atomic E-state index is 0.546. The molecule has 0 N–H and O–H groups in total. The predicted octanol–water partition coefficient (Wildman–Crippen LogP) is 8.58. The van der Waals surface area contributed by atoms with Gasteiger partial charge in [0.25, 0.3) is 0 Å². The number of carboxylic acids is 1. The van der Waals surface area contributed by atoms with Crippen LogP contribution in [0.2, 0.25) is 0 Å². The number of hydrogen-bond acceptors (Lipinski definition) is 2. The van der Waals surface area contributed by atoms with E-state index in [0.717, 1.165) is 32.2 Å². The number of rotatable bonds is 26. The number of carbonyl (C=O) groups is 1. The van der Waals surface area contributed by atoms with Crippen molar-refractivity contribution in [3.8, 4) is 0 Å². The topological polar surface area (TPSA) is 40.1 Å². The van der Waals surface area contributed by atoms with E-state index >= 15 is 0 Å². The molecular weight excluding hydrogens is 418 g/mol. The third-order valence-electron chi connectivity index (χ3n) is 8.36. The fraction of sp³-hybridized carbons (Fsp3) is 0.968. The summed E-state index contributed by atoms with van der Waals surface area (Å²) in [6, 6.07) is 0. The molecule has 0 saturated heterocycles. The summed E-state index contributed by atoms with van der Waals surface area (Å²) in [5.41, 5.74) is -0.780. The van der Waals surface area contributed by atoms with Crippen molar-refractivity contribution in [1.29, 1.82) is 0 Å². The van der Waals surface area contributed by atoms with Gasteiger partial charge in [0.15, 0.2) is 0 Å². The Balaban J connectivity index is 3.97. The second kappa shape index (κ2) is 21.7. The van der Waals surface area contributed by atoms with E-state index in [2.05, 4.69) is 27.9 Å². The Morgan fingerprint density at radius 1 is 0.559 bits per heavy atom. The molecule has 0 radical (unpaired) electrons. The number of quaternary nitrogens is 1. The first kappa shape index (κ1) is 33.4. The van der Waals surface area contributed by atoms with Gasteiger partial charge >= 0.3 is 0 Å². The summed E-state index contributed by atoms with van der Waals surface area (Å²) in [7, 11) is 4.20. The molecule has 0 spiro atoms. The maximum atomic E-state index is 12.2. The molecule has 0 amide bonds. The van der Waals surface area contributed by atoms with Crippen molar-refractivity contribution < 1.29 is 14.4 Å². The second-order valence-electron chi connectivity index (χ2n) is 11.8. The van der Waals surface area contributed by atoms with Gasteiger partial charge in [0.05, 0.1) is 20.6 Å². The highest BCUT2D eigenvalue weighted by Gasteiger charge is 2.41. The molecule has 1 unspecified atom stereocenters. The fourth-order valence-electron chi connectivity index (χ4n) is 5.20. The quantitative estimate of drug-likeness (QED) is 0.0916. The van der Waals surface area contributed by atoms with Crippen LogP contribution in [0, 0.1) is 0 Å². The van der Waals surface area contributed by atoms with Crippen LogP contribution in [-0.4, -0.2) is 36.6 Å². The van der Waals surface area contributed by atoms with Crippen LogP contribution < -0.4 is 5.11 Å². The lowest BCUT2D eigenvalue weighted by Crippen LogP contribution is -2.66. The molecule has 0 aliphatic carbocycles. The number of carboxylic acid groups (broad SMARTS) is 1. The number of aliphatic carboxylic acids is 1. The molecule has 0 aromatic heterocycles. The van der Waals surface area contributed by atoms with Crippen molar-refractivity contribution in [3.63, 3.8) is 0 Å². The Morgan fingerprint density at radius 3 is 1.18 bits per heavy atom. The molecule has 0 aliphatic rings. The molecule has 0 aromatic carbocycles. The van der Waals surface area contributed by atoms with E-state index < -0.39 is 11.5 Å². The Hall–Kier alpha value is -0.570. The largest absolute Gasteiger partial charge is 0.544 e. The summed E-state index contributed by atoms with van der Waals surface area (Å²) in [5.74, 6) is -0.868. The molecule has 0 fully saturated rings. The second-order valence-corrected chi connectivity index (χ2v) is 11.8. The molecule has 0 bridgehead atoms. The van der Waals surface area contributed by atoms with E-state index in [4.69, 9.17) is 0 Å². The Labute approximate surface area is 215 Å². The summed E-state index contributed by atoms with van der Waals surface area (Å²) < 4.78 is 0.546. The van der Waals surface area contributed by atoms with Gasteiger partial charge in [-0.3, -0.25) is 0 Å². The molecule has 0 heterocycles. The van der Waals surface area contributed by atoms with E-state index in [0.29, 0.717) is 4.48 Å². The number of likely N-dealkylation sites (N-methyl/N-ethyl adjacent to an activating group) is 1. The average molecular weight is 482 g/mol. The van der Waals surface area contributed by atoms with Crippen LogP contribution in [0.25, 0.3) is 0 Å². The van der Waals surface area contributed by atoms with Gasteiger partial charge < -0.3 is 14.4 Å². The van der Waals surface area contributed by atoms with Crippen molar-refractivity contribution in [2.75, 3.05) is 20.6 Å². The molecule has 204 valence electrons. The van der Waals surface area contributed by atoms with Crippen LogP contribution in [0.5, 0.6) is 0 Å². The van der Waals surface area contributed by atoms with E-state index in [1.807, 2.05) is 6.92 Å².